The summed E-state index contributed by atoms with van der Waals surface area (Å²) in [5.41, 5.74) is 3.42. The smallest absolute Gasteiger partial charge is 0.231 e. The van der Waals surface area contributed by atoms with Crippen molar-refractivity contribution < 1.29 is 18.7 Å². The molecule has 0 spiro atoms. The van der Waals surface area contributed by atoms with Crippen LogP contribution in [0.25, 0.3) is 6.08 Å². The molecule has 0 bridgehead atoms. The van der Waals surface area contributed by atoms with Gasteiger partial charge in [-0.1, -0.05) is 24.3 Å². The van der Waals surface area contributed by atoms with Crippen molar-refractivity contribution in [3.8, 4) is 11.5 Å². The molecule has 4 rings (SSSR count). The number of ketones is 1. The minimum Gasteiger partial charge on any atom is -0.489 e. The summed E-state index contributed by atoms with van der Waals surface area (Å²) in [4.78, 5) is 15.0. The number of carbonyl (C=O) groups is 1. The van der Waals surface area contributed by atoms with Crippen LogP contribution in [0.15, 0.2) is 72.5 Å². The summed E-state index contributed by atoms with van der Waals surface area (Å²) in [5, 5.41) is 0. The Labute approximate surface area is 181 Å². The minimum absolute atomic E-state index is 0.145. The van der Waals surface area contributed by atoms with Crippen LogP contribution in [-0.2, 0) is 6.61 Å². The molecule has 1 aliphatic heterocycles. The van der Waals surface area contributed by atoms with Crippen LogP contribution >= 0.6 is 0 Å². The third-order valence-corrected chi connectivity index (χ3v) is 5.28. The highest BCUT2D eigenvalue weighted by Gasteiger charge is 2.27. The van der Waals surface area contributed by atoms with E-state index < -0.39 is 0 Å². The topological polar surface area (TPSA) is 38.8 Å². The van der Waals surface area contributed by atoms with E-state index >= 15 is 0 Å². The second-order valence-electron chi connectivity index (χ2n) is 7.28. The van der Waals surface area contributed by atoms with E-state index in [0.717, 1.165) is 29.9 Å². The normalized spacial score (nSPS) is 13.8. The summed E-state index contributed by atoms with van der Waals surface area (Å²) in [6, 6.07) is 19.4. The molecule has 0 unspecified atom stereocenters. The van der Waals surface area contributed by atoms with Gasteiger partial charge in [0.05, 0.1) is 5.56 Å². The van der Waals surface area contributed by atoms with E-state index in [0.29, 0.717) is 29.4 Å². The molecule has 31 heavy (non-hydrogen) atoms. The van der Waals surface area contributed by atoms with Gasteiger partial charge in [-0.05, 0) is 67.4 Å². The van der Waals surface area contributed by atoms with Gasteiger partial charge in [0.1, 0.15) is 23.9 Å². The van der Waals surface area contributed by atoms with Crippen LogP contribution in [0.1, 0.15) is 35.3 Å². The Balaban J connectivity index is 1.46. The maximum absolute atomic E-state index is 13.0. The molecule has 158 valence electrons. The first-order valence-electron chi connectivity index (χ1n) is 10.4. The van der Waals surface area contributed by atoms with Crippen molar-refractivity contribution >= 4 is 17.5 Å². The second kappa shape index (κ2) is 9.04. The average Bonchev–Trinajstić information content (AvgIpc) is 3.10. The number of hydrogen-bond acceptors (Lipinski definition) is 4. The molecule has 3 aromatic rings. The highest BCUT2D eigenvalue weighted by molar-refractivity contribution is 6.14. The summed E-state index contributed by atoms with van der Waals surface area (Å²) in [7, 11) is 0. The van der Waals surface area contributed by atoms with Crippen LogP contribution in [-0.4, -0.2) is 18.9 Å². The van der Waals surface area contributed by atoms with Gasteiger partial charge in [-0.15, -0.1) is 0 Å². The maximum Gasteiger partial charge on any atom is 0.231 e. The van der Waals surface area contributed by atoms with Crippen molar-refractivity contribution in [3.05, 3.63) is 95.0 Å². The number of hydrogen-bond donors (Lipinski definition) is 0. The van der Waals surface area contributed by atoms with Crippen LogP contribution < -0.4 is 14.4 Å². The summed E-state index contributed by atoms with van der Waals surface area (Å²) < 4.78 is 24.6. The summed E-state index contributed by atoms with van der Waals surface area (Å²) in [6.07, 6.45) is 1.76. The molecule has 0 aromatic heterocycles. The molecule has 0 radical (unpaired) electrons. The number of halogens is 1. The lowest BCUT2D eigenvalue weighted by atomic mass is 10.1. The van der Waals surface area contributed by atoms with E-state index in [2.05, 4.69) is 18.7 Å². The van der Waals surface area contributed by atoms with Crippen LogP contribution in [0.2, 0.25) is 0 Å². The van der Waals surface area contributed by atoms with Gasteiger partial charge >= 0.3 is 0 Å². The van der Waals surface area contributed by atoms with Gasteiger partial charge < -0.3 is 14.4 Å². The minimum atomic E-state index is -0.282. The molecule has 1 aliphatic rings. The Morgan fingerprint density at radius 1 is 0.968 bits per heavy atom. The third-order valence-electron chi connectivity index (χ3n) is 5.28. The Hall–Kier alpha value is -3.60. The Kier molecular flexibility index (Phi) is 6.03. The van der Waals surface area contributed by atoms with Gasteiger partial charge in [-0.3, -0.25) is 4.79 Å². The standard InChI is InChI=1S/C26H24FNO3/c1-3-28(4-2)21-11-7-18(8-12-21)15-25-26(29)23-14-13-22(16-24(23)31-25)30-17-19-5-9-20(27)10-6-19/h5-16H,3-4,17H2,1-2H3/b25-15-. The van der Waals surface area contributed by atoms with Gasteiger partial charge in [-0.2, -0.15) is 0 Å². The third kappa shape index (κ3) is 4.61. The number of anilines is 1. The zero-order valence-electron chi connectivity index (χ0n) is 17.6. The predicted molar refractivity (Wildman–Crippen MR) is 120 cm³/mol. The van der Waals surface area contributed by atoms with E-state index in [1.807, 2.05) is 24.3 Å². The number of fused-ring (bicyclic) bond motifs is 1. The summed E-state index contributed by atoms with van der Waals surface area (Å²) in [5.74, 6) is 0.928. The number of carbonyl (C=O) groups excluding carboxylic acids is 1. The zero-order valence-corrected chi connectivity index (χ0v) is 17.6. The first kappa shape index (κ1) is 20.7. The molecule has 0 saturated carbocycles. The number of ether oxygens (including phenoxy) is 2. The number of nitrogens with zero attached hydrogens (tertiary/aromatic N) is 1. The molecule has 1 heterocycles. The van der Waals surface area contributed by atoms with Gasteiger partial charge in [0, 0.05) is 24.8 Å². The van der Waals surface area contributed by atoms with E-state index in [1.54, 1.807) is 36.4 Å². The van der Waals surface area contributed by atoms with Crippen molar-refractivity contribution in [2.24, 2.45) is 0 Å². The van der Waals surface area contributed by atoms with Gasteiger partial charge in [-0.25, -0.2) is 4.39 Å². The molecule has 0 atom stereocenters. The van der Waals surface area contributed by atoms with Crippen LogP contribution in [0.3, 0.4) is 0 Å². The van der Waals surface area contributed by atoms with Crippen molar-refractivity contribution in [3.63, 3.8) is 0 Å². The van der Waals surface area contributed by atoms with E-state index in [9.17, 15) is 9.18 Å². The highest BCUT2D eigenvalue weighted by Crippen LogP contribution is 2.35. The maximum atomic E-state index is 13.0. The second-order valence-corrected chi connectivity index (χ2v) is 7.28. The van der Waals surface area contributed by atoms with E-state index in [-0.39, 0.29) is 11.6 Å². The van der Waals surface area contributed by atoms with Crippen molar-refractivity contribution in [1.82, 2.24) is 0 Å². The van der Waals surface area contributed by atoms with Crippen molar-refractivity contribution in [1.29, 1.82) is 0 Å². The van der Waals surface area contributed by atoms with Crippen molar-refractivity contribution in [2.45, 2.75) is 20.5 Å². The zero-order chi connectivity index (χ0) is 21.8. The Morgan fingerprint density at radius 3 is 2.35 bits per heavy atom. The lowest BCUT2D eigenvalue weighted by Crippen LogP contribution is -2.21. The summed E-state index contributed by atoms with van der Waals surface area (Å²) in [6.45, 7) is 6.44. The number of Topliss-reactive ketones (excluding diaryl/α,β-unsaturated/α-hetero) is 1. The fourth-order valence-corrected chi connectivity index (χ4v) is 3.53. The average molecular weight is 417 g/mol. The quantitative estimate of drug-likeness (QED) is 0.451. The predicted octanol–water partition coefficient (Wildman–Crippen LogP) is 5.87. The lowest BCUT2D eigenvalue weighted by molar-refractivity contribution is 0.101. The first-order valence-corrected chi connectivity index (χ1v) is 10.4. The molecule has 0 saturated heterocycles. The van der Waals surface area contributed by atoms with Gasteiger partial charge in [0.15, 0.2) is 5.76 Å². The Bertz CT molecular complexity index is 1100. The van der Waals surface area contributed by atoms with E-state index in [1.165, 1.54) is 12.1 Å². The van der Waals surface area contributed by atoms with Gasteiger partial charge in [0.25, 0.3) is 0 Å². The molecule has 4 nitrogen and oxygen atoms in total. The number of rotatable bonds is 7. The SMILES string of the molecule is CCN(CC)c1ccc(/C=C2\Oc3cc(OCc4ccc(F)cc4)ccc3C2=O)cc1. The molecule has 0 N–H and O–H groups in total. The van der Waals surface area contributed by atoms with Crippen LogP contribution in [0.5, 0.6) is 11.5 Å². The number of benzene rings is 3. The Morgan fingerprint density at radius 2 is 1.68 bits per heavy atom. The lowest BCUT2D eigenvalue weighted by Gasteiger charge is -2.20. The van der Waals surface area contributed by atoms with E-state index in [4.69, 9.17) is 9.47 Å². The molecule has 5 heteroatoms. The molecular weight excluding hydrogens is 393 g/mol. The van der Waals surface area contributed by atoms with Crippen LogP contribution in [0.4, 0.5) is 10.1 Å². The largest absolute Gasteiger partial charge is 0.489 e. The fraction of sp³-hybridized carbons (Fsp3) is 0.192. The van der Waals surface area contributed by atoms with Crippen molar-refractivity contribution in [2.75, 3.05) is 18.0 Å². The molecule has 0 aliphatic carbocycles. The summed E-state index contributed by atoms with van der Waals surface area (Å²) >= 11 is 0. The highest BCUT2D eigenvalue weighted by atomic mass is 19.1. The van der Waals surface area contributed by atoms with Gasteiger partial charge in [0.2, 0.25) is 5.78 Å². The fourth-order valence-electron chi connectivity index (χ4n) is 3.53. The van der Waals surface area contributed by atoms with Crippen LogP contribution in [0, 0.1) is 5.82 Å². The molecule has 0 amide bonds. The first-order chi connectivity index (χ1) is 15.1. The molecule has 0 fully saturated rings. The number of allylic oxidation sites excluding steroid dienone is 1. The monoisotopic (exact) mass is 417 g/mol. The molecular formula is C26H24FNO3. The molecule has 3 aromatic carbocycles.